The maximum Gasteiger partial charge on any atom is 0.387 e. The number of anilines is 1. The van der Waals surface area contributed by atoms with Gasteiger partial charge in [0, 0.05) is 18.5 Å². The molecule has 6 heteroatoms. The Morgan fingerprint density at radius 3 is 2.60 bits per heavy atom. The monoisotopic (exact) mass is 279 g/mol. The number of nitrogens with zero attached hydrogens (tertiary/aromatic N) is 2. The standard InChI is InChI=1S/C14H15F2N3O/c15-14(16)20-10-6-4-9(5-7-10)12-13(17)19-8-2-1-3-11(19)18-12/h4-7,14H,1-3,8,17H2. The Labute approximate surface area is 115 Å². The summed E-state index contributed by atoms with van der Waals surface area (Å²) in [7, 11) is 0. The van der Waals surface area contributed by atoms with E-state index in [-0.39, 0.29) is 5.75 Å². The summed E-state index contributed by atoms with van der Waals surface area (Å²) < 4.78 is 30.6. The van der Waals surface area contributed by atoms with Crippen LogP contribution >= 0.6 is 0 Å². The molecule has 106 valence electrons. The number of alkyl halides is 2. The van der Waals surface area contributed by atoms with E-state index < -0.39 is 6.61 Å². The van der Waals surface area contributed by atoms with Crippen molar-refractivity contribution in [2.75, 3.05) is 5.73 Å². The number of nitrogen functional groups attached to an aromatic ring is 1. The highest BCUT2D eigenvalue weighted by Crippen LogP contribution is 2.30. The second-order valence-corrected chi connectivity index (χ2v) is 4.77. The molecule has 0 spiro atoms. The molecule has 0 saturated carbocycles. The molecule has 0 unspecified atom stereocenters. The van der Waals surface area contributed by atoms with Crippen LogP contribution in [0.1, 0.15) is 18.7 Å². The lowest BCUT2D eigenvalue weighted by Crippen LogP contribution is -2.12. The summed E-state index contributed by atoms with van der Waals surface area (Å²) >= 11 is 0. The quantitative estimate of drug-likeness (QED) is 0.939. The van der Waals surface area contributed by atoms with Crippen LogP contribution in [-0.4, -0.2) is 16.2 Å². The van der Waals surface area contributed by atoms with Gasteiger partial charge < -0.3 is 15.0 Å². The number of nitrogens with two attached hydrogens (primary N) is 1. The number of aryl methyl sites for hydroxylation is 1. The largest absolute Gasteiger partial charge is 0.435 e. The van der Waals surface area contributed by atoms with Gasteiger partial charge in [-0.25, -0.2) is 4.98 Å². The minimum atomic E-state index is -2.81. The maximum absolute atomic E-state index is 12.1. The average molecular weight is 279 g/mol. The zero-order chi connectivity index (χ0) is 14.1. The van der Waals surface area contributed by atoms with Crippen molar-refractivity contribution < 1.29 is 13.5 Å². The van der Waals surface area contributed by atoms with Crippen molar-refractivity contribution in [1.82, 2.24) is 9.55 Å². The second kappa shape index (κ2) is 5.11. The lowest BCUT2D eigenvalue weighted by Gasteiger charge is -2.14. The Morgan fingerprint density at radius 1 is 1.20 bits per heavy atom. The van der Waals surface area contributed by atoms with E-state index >= 15 is 0 Å². The average Bonchev–Trinajstić information content (AvgIpc) is 2.77. The molecule has 3 rings (SSSR count). The molecule has 0 aliphatic carbocycles. The number of imidazole rings is 1. The van der Waals surface area contributed by atoms with E-state index in [0.29, 0.717) is 11.5 Å². The summed E-state index contributed by atoms with van der Waals surface area (Å²) in [6.45, 7) is -1.92. The lowest BCUT2D eigenvalue weighted by atomic mass is 10.1. The normalized spacial score (nSPS) is 14.3. The Balaban J connectivity index is 1.91. The molecule has 1 aliphatic rings. The summed E-state index contributed by atoms with van der Waals surface area (Å²) in [5, 5.41) is 0. The molecular weight excluding hydrogens is 264 g/mol. The van der Waals surface area contributed by atoms with Crippen LogP contribution in [-0.2, 0) is 13.0 Å². The van der Waals surface area contributed by atoms with Crippen molar-refractivity contribution in [2.24, 2.45) is 0 Å². The van der Waals surface area contributed by atoms with E-state index in [1.165, 1.54) is 12.1 Å². The zero-order valence-corrected chi connectivity index (χ0v) is 10.9. The predicted molar refractivity (Wildman–Crippen MR) is 71.6 cm³/mol. The molecule has 0 bridgehead atoms. The van der Waals surface area contributed by atoms with E-state index in [4.69, 9.17) is 5.73 Å². The van der Waals surface area contributed by atoms with Crippen molar-refractivity contribution in [3.8, 4) is 17.0 Å². The van der Waals surface area contributed by atoms with Gasteiger partial charge in [0.25, 0.3) is 0 Å². The van der Waals surface area contributed by atoms with Gasteiger partial charge >= 0.3 is 6.61 Å². The summed E-state index contributed by atoms with van der Waals surface area (Å²) in [5.41, 5.74) is 7.65. The van der Waals surface area contributed by atoms with Gasteiger partial charge in [-0.05, 0) is 37.1 Å². The Bertz CT molecular complexity index is 608. The molecule has 2 aromatic rings. The van der Waals surface area contributed by atoms with E-state index in [0.717, 1.165) is 37.2 Å². The van der Waals surface area contributed by atoms with Crippen LogP contribution in [0.2, 0.25) is 0 Å². The van der Waals surface area contributed by atoms with Crippen molar-refractivity contribution in [1.29, 1.82) is 0 Å². The first kappa shape index (κ1) is 12.9. The molecule has 0 saturated heterocycles. The summed E-state index contributed by atoms with van der Waals surface area (Å²) in [4.78, 5) is 4.56. The van der Waals surface area contributed by atoms with Gasteiger partial charge in [0.1, 0.15) is 23.1 Å². The van der Waals surface area contributed by atoms with E-state index in [9.17, 15) is 8.78 Å². The summed E-state index contributed by atoms with van der Waals surface area (Å²) in [5.74, 6) is 1.77. The number of halogens is 2. The number of rotatable bonds is 3. The fraction of sp³-hybridized carbons (Fsp3) is 0.357. The Morgan fingerprint density at radius 2 is 1.95 bits per heavy atom. The van der Waals surface area contributed by atoms with Crippen LogP contribution in [0.4, 0.5) is 14.6 Å². The van der Waals surface area contributed by atoms with E-state index in [2.05, 4.69) is 9.72 Å². The third kappa shape index (κ3) is 2.33. The highest BCUT2D eigenvalue weighted by molar-refractivity contribution is 5.71. The summed E-state index contributed by atoms with van der Waals surface area (Å²) in [6.07, 6.45) is 3.15. The van der Waals surface area contributed by atoms with Crippen LogP contribution in [0.15, 0.2) is 24.3 Å². The van der Waals surface area contributed by atoms with Crippen molar-refractivity contribution >= 4 is 5.82 Å². The minimum absolute atomic E-state index is 0.131. The molecule has 1 aromatic carbocycles. The summed E-state index contributed by atoms with van der Waals surface area (Å²) in [6, 6.07) is 6.39. The zero-order valence-electron chi connectivity index (χ0n) is 10.9. The molecule has 4 nitrogen and oxygen atoms in total. The minimum Gasteiger partial charge on any atom is -0.435 e. The molecule has 2 heterocycles. The van der Waals surface area contributed by atoms with Gasteiger partial charge in [-0.15, -0.1) is 0 Å². The number of fused-ring (bicyclic) bond motifs is 1. The SMILES string of the molecule is Nc1c(-c2ccc(OC(F)F)cc2)nc2n1CCCC2. The van der Waals surface area contributed by atoms with Gasteiger partial charge in [0.15, 0.2) is 0 Å². The Kier molecular flexibility index (Phi) is 3.30. The Hall–Kier alpha value is -2.11. The van der Waals surface area contributed by atoms with Gasteiger partial charge in [0.2, 0.25) is 0 Å². The molecule has 0 radical (unpaired) electrons. The molecular formula is C14H15F2N3O. The number of hydrogen-bond donors (Lipinski definition) is 1. The fourth-order valence-corrected chi connectivity index (χ4v) is 2.51. The molecule has 1 aliphatic heterocycles. The van der Waals surface area contributed by atoms with Crippen LogP contribution in [0.3, 0.4) is 0 Å². The third-order valence-corrected chi connectivity index (χ3v) is 3.47. The topological polar surface area (TPSA) is 53.1 Å². The molecule has 0 atom stereocenters. The third-order valence-electron chi connectivity index (χ3n) is 3.47. The first-order valence-corrected chi connectivity index (χ1v) is 6.55. The highest BCUT2D eigenvalue weighted by Gasteiger charge is 2.18. The van der Waals surface area contributed by atoms with Crippen molar-refractivity contribution in [2.45, 2.75) is 32.4 Å². The lowest BCUT2D eigenvalue weighted by molar-refractivity contribution is -0.0498. The molecule has 1 aromatic heterocycles. The molecule has 0 fully saturated rings. The maximum atomic E-state index is 12.1. The first-order valence-electron chi connectivity index (χ1n) is 6.55. The molecule has 0 amide bonds. The second-order valence-electron chi connectivity index (χ2n) is 4.77. The fourth-order valence-electron chi connectivity index (χ4n) is 2.51. The van der Waals surface area contributed by atoms with E-state index in [1.54, 1.807) is 12.1 Å². The highest BCUT2D eigenvalue weighted by atomic mass is 19.3. The van der Waals surface area contributed by atoms with Gasteiger partial charge in [-0.3, -0.25) is 0 Å². The van der Waals surface area contributed by atoms with Crippen molar-refractivity contribution in [3.05, 3.63) is 30.1 Å². The van der Waals surface area contributed by atoms with Crippen LogP contribution < -0.4 is 10.5 Å². The van der Waals surface area contributed by atoms with Gasteiger partial charge in [-0.1, -0.05) is 0 Å². The van der Waals surface area contributed by atoms with Crippen LogP contribution in [0.25, 0.3) is 11.3 Å². The first-order chi connectivity index (χ1) is 9.65. The molecule has 2 N–H and O–H groups in total. The predicted octanol–water partition coefficient (Wildman–Crippen LogP) is 3.07. The van der Waals surface area contributed by atoms with Gasteiger partial charge in [0.05, 0.1) is 0 Å². The van der Waals surface area contributed by atoms with E-state index in [1.807, 2.05) is 4.57 Å². The number of aromatic nitrogens is 2. The van der Waals surface area contributed by atoms with Crippen LogP contribution in [0, 0.1) is 0 Å². The van der Waals surface area contributed by atoms with Crippen LogP contribution in [0.5, 0.6) is 5.75 Å². The number of ether oxygens (including phenoxy) is 1. The molecule has 20 heavy (non-hydrogen) atoms. The number of benzene rings is 1. The van der Waals surface area contributed by atoms with Crippen molar-refractivity contribution in [3.63, 3.8) is 0 Å². The smallest absolute Gasteiger partial charge is 0.387 e. The number of hydrogen-bond acceptors (Lipinski definition) is 3. The van der Waals surface area contributed by atoms with Gasteiger partial charge in [-0.2, -0.15) is 8.78 Å².